The van der Waals surface area contributed by atoms with Crippen LogP contribution in [0.3, 0.4) is 0 Å². The average Bonchev–Trinajstić information content (AvgIpc) is 2.83. The van der Waals surface area contributed by atoms with Crippen LogP contribution in [0, 0.1) is 18.8 Å². The highest BCUT2D eigenvalue weighted by molar-refractivity contribution is 5.23. The summed E-state index contributed by atoms with van der Waals surface area (Å²) in [6.07, 6.45) is 5.21. The second-order valence-electron chi connectivity index (χ2n) is 3.53. The fraction of sp³-hybridized carbons (Fsp3) is 0.500. The second kappa shape index (κ2) is 2.85. The first kappa shape index (κ1) is 7.71. The minimum absolute atomic E-state index is 0.312. The predicted molar refractivity (Wildman–Crippen MR) is 45.4 cm³/mol. The van der Waals surface area contributed by atoms with Crippen molar-refractivity contribution in [2.24, 2.45) is 5.92 Å². The van der Waals surface area contributed by atoms with Crippen LogP contribution in [0.1, 0.15) is 24.0 Å². The molecule has 1 aromatic rings. The molecule has 1 saturated carbocycles. The molecule has 12 heavy (non-hydrogen) atoms. The van der Waals surface area contributed by atoms with Crippen LogP contribution in [0.25, 0.3) is 0 Å². The van der Waals surface area contributed by atoms with E-state index in [1.807, 2.05) is 6.07 Å². The maximum absolute atomic E-state index is 12.9. The van der Waals surface area contributed by atoms with Crippen LogP contribution in [0.15, 0.2) is 12.3 Å². The summed E-state index contributed by atoms with van der Waals surface area (Å²) in [6, 6.07) is 1.93. The van der Waals surface area contributed by atoms with Gasteiger partial charge >= 0.3 is 0 Å². The van der Waals surface area contributed by atoms with E-state index in [-0.39, 0.29) is 5.95 Å². The molecule has 0 N–H and O–H groups in total. The van der Waals surface area contributed by atoms with Gasteiger partial charge in [0.1, 0.15) is 0 Å². The first-order valence-electron chi connectivity index (χ1n) is 4.37. The number of rotatable bonds is 2. The lowest BCUT2D eigenvalue weighted by Crippen LogP contribution is -1.96. The molecule has 1 heterocycles. The van der Waals surface area contributed by atoms with Gasteiger partial charge in [0, 0.05) is 11.8 Å². The highest BCUT2D eigenvalue weighted by Crippen LogP contribution is 2.33. The third-order valence-corrected chi connectivity index (χ3v) is 2.46. The van der Waals surface area contributed by atoms with Crippen LogP contribution < -0.4 is 0 Å². The summed E-state index contributed by atoms with van der Waals surface area (Å²) in [6.45, 7) is 1.81. The Hall–Kier alpha value is -0.920. The van der Waals surface area contributed by atoms with Gasteiger partial charge in [-0.2, -0.15) is 4.39 Å². The van der Waals surface area contributed by atoms with Crippen molar-refractivity contribution in [1.82, 2.24) is 4.98 Å². The minimum atomic E-state index is -0.312. The minimum Gasteiger partial charge on any atom is -0.228 e. The lowest BCUT2D eigenvalue weighted by molar-refractivity contribution is 0.570. The maximum atomic E-state index is 12.9. The molecule has 1 aromatic heterocycles. The van der Waals surface area contributed by atoms with Crippen molar-refractivity contribution in [3.05, 3.63) is 29.3 Å². The van der Waals surface area contributed by atoms with Gasteiger partial charge in [-0.15, -0.1) is 0 Å². The van der Waals surface area contributed by atoms with E-state index in [0.29, 0.717) is 0 Å². The number of nitrogens with zero attached hydrogens (tertiary/aromatic N) is 1. The van der Waals surface area contributed by atoms with Crippen LogP contribution in [0.5, 0.6) is 0 Å². The molecule has 0 amide bonds. The number of hydrogen-bond donors (Lipinski definition) is 0. The molecule has 1 fully saturated rings. The van der Waals surface area contributed by atoms with Crippen molar-refractivity contribution in [3.8, 4) is 0 Å². The molecule has 2 rings (SSSR count). The van der Waals surface area contributed by atoms with Crippen molar-refractivity contribution in [3.63, 3.8) is 0 Å². The summed E-state index contributed by atoms with van der Waals surface area (Å²) in [5, 5.41) is 0. The van der Waals surface area contributed by atoms with Gasteiger partial charge in [0.2, 0.25) is 5.95 Å². The molecular weight excluding hydrogens is 153 g/mol. The zero-order chi connectivity index (χ0) is 8.55. The van der Waals surface area contributed by atoms with Crippen molar-refractivity contribution < 1.29 is 4.39 Å². The summed E-state index contributed by atoms with van der Waals surface area (Å²) in [5.74, 6) is 0.499. The Kier molecular flexibility index (Phi) is 1.83. The predicted octanol–water partition coefficient (Wildman–Crippen LogP) is 2.48. The largest absolute Gasteiger partial charge is 0.228 e. The Morgan fingerprint density at radius 2 is 2.33 bits per heavy atom. The van der Waals surface area contributed by atoms with Gasteiger partial charge in [-0.1, -0.05) is 0 Å². The molecule has 0 unspecified atom stereocenters. The molecule has 1 aliphatic rings. The van der Waals surface area contributed by atoms with E-state index < -0.39 is 0 Å². The SMILES string of the molecule is Cc1c(CC2CC2)ccnc1F. The molecule has 2 heteroatoms. The summed E-state index contributed by atoms with van der Waals surface area (Å²) >= 11 is 0. The van der Waals surface area contributed by atoms with Gasteiger partial charge < -0.3 is 0 Å². The van der Waals surface area contributed by atoms with E-state index in [1.54, 1.807) is 13.1 Å². The van der Waals surface area contributed by atoms with Crippen LogP contribution >= 0.6 is 0 Å². The molecule has 0 bridgehead atoms. The number of halogens is 1. The fourth-order valence-corrected chi connectivity index (χ4v) is 1.40. The van der Waals surface area contributed by atoms with E-state index >= 15 is 0 Å². The van der Waals surface area contributed by atoms with Crippen molar-refractivity contribution >= 4 is 0 Å². The molecule has 1 aliphatic carbocycles. The zero-order valence-electron chi connectivity index (χ0n) is 7.18. The summed E-state index contributed by atoms with van der Waals surface area (Å²) < 4.78 is 12.9. The maximum Gasteiger partial charge on any atom is 0.216 e. The van der Waals surface area contributed by atoms with Gasteiger partial charge in [0.15, 0.2) is 0 Å². The zero-order valence-corrected chi connectivity index (χ0v) is 7.18. The van der Waals surface area contributed by atoms with Crippen molar-refractivity contribution in [1.29, 1.82) is 0 Å². The molecule has 1 nitrogen and oxygen atoms in total. The number of pyridine rings is 1. The lowest BCUT2D eigenvalue weighted by Gasteiger charge is -2.03. The first-order valence-corrected chi connectivity index (χ1v) is 4.37. The van der Waals surface area contributed by atoms with Crippen molar-refractivity contribution in [2.45, 2.75) is 26.2 Å². The Bertz CT molecular complexity index is 292. The molecule has 0 radical (unpaired) electrons. The first-order chi connectivity index (χ1) is 5.77. The van der Waals surface area contributed by atoms with Gasteiger partial charge in [-0.25, -0.2) is 4.98 Å². The summed E-state index contributed by atoms with van der Waals surface area (Å²) in [4.78, 5) is 3.60. The molecule has 64 valence electrons. The highest BCUT2D eigenvalue weighted by atomic mass is 19.1. The summed E-state index contributed by atoms with van der Waals surface area (Å²) in [5.41, 5.74) is 1.86. The molecule has 0 spiro atoms. The quantitative estimate of drug-likeness (QED) is 0.613. The van der Waals surface area contributed by atoms with Crippen molar-refractivity contribution in [2.75, 3.05) is 0 Å². The van der Waals surface area contributed by atoms with Gasteiger partial charge in [0.25, 0.3) is 0 Å². The molecule has 0 atom stereocenters. The molecular formula is C10H12FN. The van der Waals surface area contributed by atoms with Crippen LogP contribution in [0.2, 0.25) is 0 Å². The van der Waals surface area contributed by atoms with E-state index in [9.17, 15) is 4.39 Å². The Balaban J connectivity index is 2.23. The third kappa shape index (κ3) is 1.47. The van der Waals surface area contributed by atoms with E-state index in [2.05, 4.69) is 4.98 Å². The van der Waals surface area contributed by atoms with Crippen LogP contribution in [-0.2, 0) is 6.42 Å². The molecule has 0 saturated heterocycles. The molecule has 0 aromatic carbocycles. The van der Waals surface area contributed by atoms with Crippen LogP contribution in [0.4, 0.5) is 4.39 Å². The number of aromatic nitrogens is 1. The van der Waals surface area contributed by atoms with Gasteiger partial charge in [-0.05, 0) is 43.7 Å². The topological polar surface area (TPSA) is 12.9 Å². The Morgan fingerprint density at radius 1 is 1.58 bits per heavy atom. The molecule has 0 aliphatic heterocycles. The Labute approximate surface area is 71.6 Å². The van der Waals surface area contributed by atoms with E-state index in [1.165, 1.54) is 12.8 Å². The average molecular weight is 165 g/mol. The summed E-state index contributed by atoms with van der Waals surface area (Å²) in [7, 11) is 0. The third-order valence-electron chi connectivity index (χ3n) is 2.46. The lowest BCUT2D eigenvalue weighted by atomic mass is 10.1. The smallest absolute Gasteiger partial charge is 0.216 e. The standard InChI is InChI=1S/C10H12FN/c1-7-9(6-8-2-3-8)4-5-12-10(7)11/h4-5,8H,2-3,6H2,1H3. The van der Waals surface area contributed by atoms with E-state index in [0.717, 1.165) is 23.5 Å². The fourth-order valence-electron chi connectivity index (χ4n) is 1.40. The van der Waals surface area contributed by atoms with Gasteiger partial charge in [-0.3, -0.25) is 0 Å². The monoisotopic (exact) mass is 165 g/mol. The van der Waals surface area contributed by atoms with Crippen LogP contribution in [-0.4, -0.2) is 4.98 Å². The second-order valence-corrected chi connectivity index (χ2v) is 3.53. The highest BCUT2D eigenvalue weighted by Gasteiger charge is 2.22. The normalized spacial score (nSPS) is 16.5. The number of hydrogen-bond acceptors (Lipinski definition) is 1. The Morgan fingerprint density at radius 3 is 3.00 bits per heavy atom. The van der Waals surface area contributed by atoms with Gasteiger partial charge in [0.05, 0.1) is 0 Å². The van der Waals surface area contributed by atoms with E-state index in [4.69, 9.17) is 0 Å².